The molecule has 1 aliphatic rings. The molecule has 0 radical (unpaired) electrons. The predicted octanol–water partition coefficient (Wildman–Crippen LogP) is 2.54. The number of aromatic nitrogens is 2. The highest BCUT2D eigenvalue weighted by atomic mass is 32.2. The molecule has 2 heterocycles. The zero-order valence-electron chi connectivity index (χ0n) is 15.0. The van der Waals surface area contributed by atoms with Crippen LogP contribution in [0, 0.1) is 17.6 Å². The Morgan fingerprint density at radius 2 is 2.00 bits per heavy atom. The normalized spacial score (nSPS) is 18.1. The molecule has 1 saturated heterocycles. The van der Waals surface area contributed by atoms with Crippen molar-refractivity contribution in [1.82, 2.24) is 14.6 Å². The van der Waals surface area contributed by atoms with E-state index in [0.29, 0.717) is 18.4 Å². The number of rotatable bonds is 4. The number of nitrogens with one attached hydrogen (secondary N) is 1. The van der Waals surface area contributed by atoms with Crippen LogP contribution in [0.1, 0.15) is 12.8 Å². The van der Waals surface area contributed by atoms with Gasteiger partial charge in [-0.3, -0.25) is 4.79 Å². The van der Waals surface area contributed by atoms with Crippen LogP contribution in [0.3, 0.4) is 0 Å². The molecule has 4 rings (SSSR count). The van der Waals surface area contributed by atoms with Gasteiger partial charge in [-0.25, -0.2) is 21.8 Å². The summed E-state index contributed by atoms with van der Waals surface area (Å²) in [6, 6.07) is 7.56. The average molecular weight is 422 g/mol. The molecule has 0 aliphatic carbocycles. The van der Waals surface area contributed by atoms with Gasteiger partial charge in [0, 0.05) is 24.8 Å². The van der Waals surface area contributed by atoms with Crippen LogP contribution in [0.4, 0.5) is 14.5 Å². The molecular formula is C18H16F2N4O4S. The van der Waals surface area contributed by atoms with Crippen LogP contribution in [0.25, 0.3) is 11.0 Å². The van der Waals surface area contributed by atoms with Crippen LogP contribution in [-0.2, 0) is 14.8 Å². The van der Waals surface area contributed by atoms with Gasteiger partial charge in [-0.05, 0) is 47.4 Å². The minimum atomic E-state index is -3.93. The van der Waals surface area contributed by atoms with Crippen molar-refractivity contribution in [3.63, 3.8) is 0 Å². The molecule has 1 atom stereocenters. The second-order valence-electron chi connectivity index (χ2n) is 6.71. The third-order valence-corrected chi connectivity index (χ3v) is 6.71. The van der Waals surface area contributed by atoms with E-state index < -0.39 is 33.5 Å². The van der Waals surface area contributed by atoms with E-state index in [4.69, 9.17) is 0 Å². The first-order valence-corrected chi connectivity index (χ1v) is 10.3. The molecule has 1 aliphatic heterocycles. The Labute approximate surface area is 164 Å². The Morgan fingerprint density at radius 3 is 2.79 bits per heavy atom. The van der Waals surface area contributed by atoms with Crippen LogP contribution in [0.5, 0.6) is 0 Å². The molecule has 2 aromatic carbocycles. The van der Waals surface area contributed by atoms with Gasteiger partial charge >= 0.3 is 0 Å². The largest absolute Gasteiger partial charge is 0.326 e. The van der Waals surface area contributed by atoms with Crippen LogP contribution < -0.4 is 5.32 Å². The second-order valence-corrected chi connectivity index (χ2v) is 8.61. The van der Waals surface area contributed by atoms with Crippen molar-refractivity contribution in [2.24, 2.45) is 5.92 Å². The van der Waals surface area contributed by atoms with Gasteiger partial charge < -0.3 is 5.32 Å². The lowest BCUT2D eigenvalue weighted by Gasteiger charge is -2.31. The zero-order valence-corrected chi connectivity index (χ0v) is 15.8. The van der Waals surface area contributed by atoms with E-state index in [1.807, 2.05) is 0 Å². The number of hydrogen-bond donors (Lipinski definition) is 1. The van der Waals surface area contributed by atoms with E-state index >= 15 is 0 Å². The minimum absolute atomic E-state index is 0.0422. The van der Waals surface area contributed by atoms with E-state index in [0.717, 1.165) is 12.1 Å². The predicted molar refractivity (Wildman–Crippen MR) is 98.3 cm³/mol. The standard InChI is InChI=1S/C18H16F2N4O4S/c19-13-7-6-12(9-14(13)20)21-18(25)11-3-2-8-24(10-11)29(26,27)16-5-1-4-15-17(16)23-28-22-15/h1,4-7,9,11H,2-3,8,10H2,(H,21,25)/t11-/m0/s1. The first-order chi connectivity index (χ1) is 13.9. The molecule has 0 saturated carbocycles. The summed E-state index contributed by atoms with van der Waals surface area (Å²) in [5, 5.41) is 9.83. The van der Waals surface area contributed by atoms with Gasteiger partial charge in [-0.2, -0.15) is 4.31 Å². The number of fused-ring (bicyclic) bond motifs is 1. The Hall–Kier alpha value is -2.92. The van der Waals surface area contributed by atoms with E-state index in [1.54, 1.807) is 6.07 Å². The molecule has 1 N–H and O–H groups in total. The number of piperidine rings is 1. The third-order valence-electron chi connectivity index (χ3n) is 4.81. The van der Waals surface area contributed by atoms with Crippen LogP contribution in [0.15, 0.2) is 45.9 Å². The Kier molecular flexibility index (Phi) is 5.01. The highest BCUT2D eigenvalue weighted by Crippen LogP contribution is 2.28. The molecular weight excluding hydrogens is 406 g/mol. The molecule has 8 nitrogen and oxygen atoms in total. The average Bonchev–Trinajstić information content (AvgIpc) is 3.19. The summed E-state index contributed by atoms with van der Waals surface area (Å²) >= 11 is 0. The van der Waals surface area contributed by atoms with Gasteiger partial charge in [-0.15, -0.1) is 0 Å². The van der Waals surface area contributed by atoms with E-state index in [2.05, 4.69) is 20.3 Å². The summed E-state index contributed by atoms with van der Waals surface area (Å²) < 4.78 is 58.4. The highest BCUT2D eigenvalue weighted by Gasteiger charge is 2.35. The summed E-state index contributed by atoms with van der Waals surface area (Å²) in [6.45, 7) is 0.207. The van der Waals surface area contributed by atoms with E-state index in [1.165, 1.54) is 22.5 Å². The number of benzene rings is 2. The summed E-state index contributed by atoms with van der Waals surface area (Å²) in [7, 11) is -3.93. The van der Waals surface area contributed by atoms with Gasteiger partial charge in [0.25, 0.3) is 0 Å². The molecule has 0 unspecified atom stereocenters. The molecule has 1 aromatic heterocycles. The summed E-state index contributed by atoms with van der Waals surface area (Å²) in [4.78, 5) is 12.5. The van der Waals surface area contributed by atoms with Gasteiger partial charge in [0.05, 0.1) is 5.92 Å². The fourth-order valence-corrected chi connectivity index (χ4v) is 4.98. The number of anilines is 1. The number of halogens is 2. The van der Waals surface area contributed by atoms with Crippen molar-refractivity contribution >= 4 is 32.7 Å². The van der Waals surface area contributed by atoms with Crippen molar-refractivity contribution in [2.45, 2.75) is 17.7 Å². The van der Waals surface area contributed by atoms with Crippen LogP contribution in [0.2, 0.25) is 0 Å². The molecule has 1 fully saturated rings. The van der Waals surface area contributed by atoms with Crippen LogP contribution >= 0.6 is 0 Å². The number of carbonyl (C=O) groups excluding carboxylic acids is 1. The fraction of sp³-hybridized carbons (Fsp3) is 0.278. The van der Waals surface area contributed by atoms with Crippen LogP contribution in [-0.4, -0.2) is 42.0 Å². The van der Waals surface area contributed by atoms with Crippen molar-refractivity contribution in [2.75, 3.05) is 18.4 Å². The van der Waals surface area contributed by atoms with Crippen molar-refractivity contribution in [3.05, 3.63) is 48.0 Å². The Bertz CT molecular complexity index is 1180. The van der Waals surface area contributed by atoms with Crippen molar-refractivity contribution < 1.29 is 26.6 Å². The first kappa shape index (κ1) is 19.4. The number of amides is 1. The highest BCUT2D eigenvalue weighted by molar-refractivity contribution is 7.89. The van der Waals surface area contributed by atoms with E-state index in [9.17, 15) is 22.0 Å². The number of hydrogen-bond acceptors (Lipinski definition) is 6. The molecule has 29 heavy (non-hydrogen) atoms. The SMILES string of the molecule is O=C(Nc1ccc(F)c(F)c1)[C@H]1CCCN(S(=O)(=O)c2cccc3nonc23)C1. The minimum Gasteiger partial charge on any atom is -0.326 e. The van der Waals surface area contributed by atoms with Gasteiger partial charge in [0.1, 0.15) is 10.4 Å². The molecule has 152 valence electrons. The smallest absolute Gasteiger partial charge is 0.245 e. The summed E-state index contributed by atoms with van der Waals surface area (Å²) in [5.74, 6) is -3.20. The fourth-order valence-electron chi connectivity index (χ4n) is 3.32. The Balaban J connectivity index is 1.53. The molecule has 1 amide bonds. The third kappa shape index (κ3) is 3.70. The monoisotopic (exact) mass is 422 g/mol. The summed E-state index contributed by atoms with van der Waals surface area (Å²) in [5.41, 5.74) is 0.545. The lowest BCUT2D eigenvalue weighted by atomic mass is 9.98. The van der Waals surface area contributed by atoms with Crippen molar-refractivity contribution in [1.29, 1.82) is 0 Å². The topological polar surface area (TPSA) is 105 Å². The van der Waals surface area contributed by atoms with Gasteiger partial charge in [-0.1, -0.05) is 6.07 Å². The van der Waals surface area contributed by atoms with Gasteiger partial charge in [0.2, 0.25) is 15.9 Å². The first-order valence-electron chi connectivity index (χ1n) is 8.83. The maximum Gasteiger partial charge on any atom is 0.245 e. The lowest BCUT2D eigenvalue weighted by Crippen LogP contribution is -2.43. The lowest BCUT2D eigenvalue weighted by molar-refractivity contribution is -0.120. The maximum atomic E-state index is 13.3. The second kappa shape index (κ2) is 7.48. The number of sulfonamides is 1. The molecule has 0 bridgehead atoms. The maximum absolute atomic E-state index is 13.3. The quantitative estimate of drug-likeness (QED) is 0.693. The molecule has 3 aromatic rings. The van der Waals surface area contributed by atoms with Gasteiger partial charge in [0.15, 0.2) is 17.2 Å². The number of carbonyl (C=O) groups is 1. The molecule has 0 spiro atoms. The molecule has 11 heteroatoms. The number of nitrogens with zero attached hydrogens (tertiary/aromatic N) is 3. The Morgan fingerprint density at radius 1 is 1.17 bits per heavy atom. The zero-order chi connectivity index (χ0) is 20.6. The van der Waals surface area contributed by atoms with Crippen molar-refractivity contribution in [3.8, 4) is 0 Å². The summed E-state index contributed by atoms with van der Waals surface area (Å²) in [6.07, 6.45) is 0.944. The van der Waals surface area contributed by atoms with E-state index in [-0.39, 0.29) is 29.2 Å².